The molecule has 0 aliphatic carbocycles. The van der Waals surface area contributed by atoms with Gasteiger partial charge in [0.25, 0.3) is 5.91 Å². The fraction of sp³-hybridized carbons (Fsp3) is 0.167. The lowest BCUT2D eigenvalue weighted by Gasteiger charge is -2.14. The average Bonchev–Trinajstić information content (AvgIpc) is 3.14. The molecule has 1 aromatic carbocycles. The number of hydrogen-bond donors (Lipinski definition) is 2. The van der Waals surface area contributed by atoms with E-state index in [9.17, 15) is 35.5 Å². The Bertz CT molecular complexity index is 1030. The maximum atomic E-state index is 13.0. The normalized spacial score (nSPS) is 15.0. The molecule has 3 rings (SSSR count). The molecule has 3 N–H and O–H groups in total. The lowest BCUT2D eigenvalue weighted by molar-refractivity contribution is -0.143. The highest BCUT2D eigenvalue weighted by molar-refractivity contribution is 6.18. The second-order valence-electron chi connectivity index (χ2n) is 6.29. The molecule has 0 bridgehead atoms. The molecular weight excluding hydrogens is 435 g/mol. The van der Waals surface area contributed by atoms with Crippen LogP contribution in [0.15, 0.2) is 47.8 Å². The summed E-state index contributed by atoms with van der Waals surface area (Å²) in [6.07, 6.45) is -7.88. The Hall–Kier alpha value is -3.64. The van der Waals surface area contributed by atoms with Gasteiger partial charge in [0.2, 0.25) is 5.95 Å². The number of nitrogens with two attached hydrogens (primary N) is 1. The molecule has 1 aliphatic rings. The summed E-state index contributed by atoms with van der Waals surface area (Å²) in [5, 5.41) is 7.50. The number of benzene rings is 1. The summed E-state index contributed by atoms with van der Waals surface area (Å²) in [5.74, 6) is -2.02. The number of nitrogens with zero attached hydrogens (tertiary/aromatic N) is 3. The minimum Gasteiger partial charge on any atom is -0.366 e. The molecule has 0 spiro atoms. The van der Waals surface area contributed by atoms with Crippen LogP contribution in [0.3, 0.4) is 0 Å². The van der Waals surface area contributed by atoms with Gasteiger partial charge in [-0.25, -0.2) is 4.98 Å². The molecule has 31 heavy (non-hydrogen) atoms. The molecule has 1 amide bonds. The average molecular weight is 447 g/mol. The first kappa shape index (κ1) is 22.1. The monoisotopic (exact) mass is 447 g/mol. The molecule has 2 aromatic rings. The van der Waals surface area contributed by atoms with Gasteiger partial charge < -0.3 is 11.1 Å². The van der Waals surface area contributed by atoms with Crippen molar-refractivity contribution in [2.75, 3.05) is 6.67 Å². The highest BCUT2D eigenvalue weighted by atomic mass is 19.4. The third-order valence-corrected chi connectivity index (χ3v) is 4.08. The van der Waals surface area contributed by atoms with Crippen LogP contribution in [-0.4, -0.2) is 28.4 Å². The molecule has 6 nitrogen and oxygen atoms in total. The minimum atomic E-state index is -5.01. The number of pyridine rings is 1. The topological polar surface area (TPSA) is 83.6 Å². The fourth-order valence-electron chi connectivity index (χ4n) is 2.65. The zero-order chi connectivity index (χ0) is 23.0. The van der Waals surface area contributed by atoms with Crippen molar-refractivity contribution in [3.8, 4) is 0 Å². The van der Waals surface area contributed by atoms with E-state index >= 15 is 0 Å². The standard InChI is InChI=1S/C18H12F7N5O/c19-14-2-1-9(6-27-14)13(15(26)31)7-30-8-28-16(29-30)10-3-11(17(20,21)22)5-12(4-10)18(23,24)25/h1-7H,8H2,(H2,26,31)(H,28,29)/b13-7+. The molecular formula is C18H12F7N5O. The maximum absolute atomic E-state index is 13.0. The van der Waals surface area contributed by atoms with E-state index in [4.69, 9.17) is 5.73 Å². The predicted molar refractivity (Wildman–Crippen MR) is 94.2 cm³/mol. The van der Waals surface area contributed by atoms with Gasteiger partial charge in [0.15, 0.2) is 5.84 Å². The number of aromatic nitrogens is 1. The van der Waals surface area contributed by atoms with Crippen LogP contribution < -0.4 is 11.1 Å². The highest BCUT2D eigenvalue weighted by Gasteiger charge is 2.37. The first-order chi connectivity index (χ1) is 14.3. The summed E-state index contributed by atoms with van der Waals surface area (Å²) >= 11 is 0. The van der Waals surface area contributed by atoms with Gasteiger partial charge in [-0.1, -0.05) is 0 Å². The second-order valence-corrected chi connectivity index (χ2v) is 6.29. The zero-order valence-corrected chi connectivity index (χ0v) is 15.2. The number of carbonyl (C=O) groups excluding carboxylic acids is 1. The molecule has 1 aromatic heterocycles. The first-order valence-electron chi connectivity index (χ1n) is 8.37. The van der Waals surface area contributed by atoms with Gasteiger partial charge in [-0.05, 0) is 30.3 Å². The van der Waals surface area contributed by atoms with E-state index in [1.807, 2.05) is 0 Å². The van der Waals surface area contributed by atoms with E-state index in [-0.39, 0.29) is 29.7 Å². The molecule has 0 atom stereocenters. The van der Waals surface area contributed by atoms with Crippen LogP contribution in [0.25, 0.3) is 5.57 Å². The van der Waals surface area contributed by atoms with Crippen molar-refractivity contribution in [3.63, 3.8) is 0 Å². The molecule has 1 aliphatic heterocycles. The van der Waals surface area contributed by atoms with Crippen molar-refractivity contribution in [1.29, 1.82) is 0 Å². The molecule has 0 unspecified atom stereocenters. The smallest absolute Gasteiger partial charge is 0.366 e. The van der Waals surface area contributed by atoms with Gasteiger partial charge in [0.05, 0.1) is 16.7 Å². The van der Waals surface area contributed by atoms with Crippen LogP contribution in [-0.2, 0) is 17.1 Å². The van der Waals surface area contributed by atoms with Crippen molar-refractivity contribution in [3.05, 3.63) is 70.9 Å². The Morgan fingerprint density at radius 1 is 1.06 bits per heavy atom. The van der Waals surface area contributed by atoms with Gasteiger partial charge in [-0.2, -0.15) is 35.8 Å². The molecule has 164 valence electrons. The Kier molecular flexibility index (Phi) is 5.61. The van der Waals surface area contributed by atoms with Crippen molar-refractivity contribution in [2.24, 2.45) is 10.8 Å². The first-order valence-corrected chi connectivity index (χ1v) is 8.37. The zero-order valence-electron chi connectivity index (χ0n) is 15.2. The quantitative estimate of drug-likeness (QED) is 0.428. The third-order valence-electron chi connectivity index (χ3n) is 4.08. The summed E-state index contributed by atoms with van der Waals surface area (Å²) in [6, 6.07) is 3.24. The van der Waals surface area contributed by atoms with Gasteiger partial charge in [-0.3, -0.25) is 9.80 Å². The number of alkyl halides is 6. The number of primary amides is 1. The Morgan fingerprint density at radius 2 is 1.68 bits per heavy atom. The van der Waals surface area contributed by atoms with E-state index in [1.165, 1.54) is 6.07 Å². The van der Waals surface area contributed by atoms with E-state index in [2.05, 4.69) is 15.4 Å². The summed E-state index contributed by atoms with van der Waals surface area (Å²) in [4.78, 5) is 15.1. The summed E-state index contributed by atoms with van der Waals surface area (Å²) in [5.41, 5.74) is 1.83. The molecule has 0 fully saturated rings. The van der Waals surface area contributed by atoms with E-state index in [0.29, 0.717) is 12.1 Å². The van der Waals surface area contributed by atoms with E-state index < -0.39 is 40.9 Å². The lowest BCUT2D eigenvalue weighted by Crippen LogP contribution is -2.24. The van der Waals surface area contributed by atoms with Crippen LogP contribution in [0, 0.1) is 5.95 Å². The lowest BCUT2D eigenvalue weighted by atomic mass is 10.0. The van der Waals surface area contributed by atoms with Gasteiger partial charge in [0.1, 0.15) is 6.67 Å². The number of amides is 1. The highest BCUT2D eigenvalue weighted by Crippen LogP contribution is 2.36. The number of rotatable bonds is 4. The number of nitrogens with one attached hydrogen (secondary N) is 1. The number of hydrazone groups is 1. The van der Waals surface area contributed by atoms with Crippen LogP contribution >= 0.6 is 0 Å². The Labute approximate surface area is 169 Å². The summed E-state index contributed by atoms with van der Waals surface area (Å²) in [7, 11) is 0. The van der Waals surface area contributed by atoms with Crippen molar-refractivity contribution in [2.45, 2.75) is 12.4 Å². The molecule has 0 radical (unpaired) electrons. The van der Waals surface area contributed by atoms with Crippen molar-refractivity contribution < 1.29 is 35.5 Å². The second kappa shape index (κ2) is 7.89. The van der Waals surface area contributed by atoms with Gasteiger partial charge in [-0.15, -0.1) is 0 Å². The molecule has 0 saturated carbocycles. The van der Waals surface area contributed by atoms with Gasteiger partial charge in [0, 0.05) is 23.5 Å². The molecule has 0 saturated heterocycles. The summed E-state index contributed by atoms with van der Waals surface area (Å²) < 4.78 is 91.2. The van der Waals surface area contributed by atoms with Gasteiger partial charge >= 0.3 is 12.4 Å². The fourth-order valence-corrected chi connectivity index (χ4v) is 2.65. The molecule has 2 heterocycles. The number of hydrogen-bond acceptors (Lipinski definition) is 5. The van der Waals surface area contributed by atoms with Crippen molar-refractivity contribution >= 4 is 17.3 Å². The van der Waals surface area contributed by atoms with Crippen LogP contribution in [0.4, 0.5) is 30.7 Å². The summed E-state index contributed by atoms with van der Waals surface area (Å²) in [6.45, 7) is -0.182. The largest absolute Gasteiger partial charge is 0.416 e. The maximum Gasteiger partial charge on any atom is 0.416 e. The minimum absolute atomic E-state index is 0.00338. The van der Waals surface area contributed by atoms with Crippen molar-refractivity contribution in [1.82, 2.24) is 15.3 Å². The number of halogens is 7. The third kappa shape index (κ3) is 5.10. The van der Waals surface area contributed by atoms with E-state index in [1.54, 1.807) is 0 Å². The number of amidine groups is 1. The SMILES string of the molecule is NC(=O)/C(=C/N1CNC(c2cc(C(F)(F)F)cc(C(F)(F)F)c2)=N1)c1ccc(F)nc1. The Balaban J connectivity index is 1.99. The van der Waals surface area contributed by atoms with Crippen LogP contribution in [0.5, 0.6) is 0 Å². The number of carbonyl (C=O) groups is 1. The Morgan fingerprint density at radius 3 is 2.16 bits per heavy atom. The molecule has 13 heteroatoms. The van der Waals surface area contributed by atoms with Crippen LogP contribution in [0.1, 0.15) is 22.3 Å². The van der Waals surface area contributed by atoms with Crippen LogP contribution in [0.2, 0.25) is 0 Å². The van der Waals surface area contributed by atoms with E-state index in [0.717, 1.165) is 23.5 Å². The predicted octanol–water partition coefficient (Wildman–Crippen LogP) is 3.31.